The lowest BCUT2D eigenvalue weighted by Crippen LogP contribution is -2.42. The van der Waals surface area contributed by atoms with Crippen LogP contribution in [0.2, 0.25) is 0 Å². The average Bonchev–Trinajstić information content (AvgIpc) is 2.83. The Bertz CT molecular complexity index is 1020. The molecular formula is C23H30N2O6S. The normalized spacial score (nSPS) is 15.2. The van der Waals surface area contributed by atoms with Crippen molar-refractivity contribution in [1.29, 1.82) is 0 Å². The van der Waals surface area contributed by atoms with Gasteiger partial charge in [0.2, 0.25) is 15.9 Å². The predicted molar refractivity (Wildman–Crippen MR) is 120 cm³/mol. The number of ether oxygens (including phenoxy) is 3. The Morgan fingerprint density at radius 1 is 1.03 bits per heavy atom. The third-order valence-electron chi connectivity index (χ3n) is 5.51. The summed E-state index contributed by atoms with van der Waals surface area (Å²) in [5.41, 5.74) is 0.895. The van der Waals surface area contributed by atoms with Gasteiger partial charge in [-0.15, -0.1) is 0 Å². The minimum absolute atomic E-state index is 0.0714. The van der Waals surface area contributed by atoms with Gasteiger partial charge < -0.3 is 19.5 Å². The summed E-state index contributed by atoms with van der Waals surface area (Å²) in [6.45, 7) is 3.38. The van der Waals surface area contributed by atoms with Gasteiger partial charge in [0.1, 0.15) is 5.75 Å². The number of nitrogens with zero attached hydrogens (tertiary/aromatic N) is 1. The van der Waals surface area contributed by atoms with E-state index in [0.29, 0.717) is 56.3 Å². The first kappa shape index (κ1) is 23.9. The van der Waals surface area contributed by atoms with Crippen LogP contribution >= 0.6 is 0 Å². The number of amides is 1. The quantitative estimate of drug-likeness (QED) is 0.616. The summed E-state index contributed by atoms with van der Waals surface area (Å²) in [4.78, 5) is 12.9. The number of hydrogen-bond donors (Lipinski definition) is 1. The summed E-state index contributed by atoms with van der Waals surface area (Å²) in [5, 5.41) is 2.94. The van der Waals surface area contributed by atoms with Gasteiger partial charge in [-0.3, -0.25) is 4.79 Å². The van der Waals surface area contributed by atoms with Gasteiger partial charge in [0.15, 0.2) is 11.5 Å². The highest BCUT2D eigenvalue weighted by atomic mass is 32.2. The Morgan fingerprint density at radius 3 is 2.28 bits per heavy atom. The molecule has 3 rings (SSSR count). The fourth-order valence-electron chi connectivity index (χ4n) is 3.71. The molecule has 0 bridgehead atoms. The van der Waals surface area contributed by atoms with Crippen LogP contribution in [0.15, 0.2) is 47.4 Å². The molecule has 0 unspecified atom stereocenters. The molecule has 1 heterocycles. The Morgan fingerprint density at radius 2 is 1.69 bits per heavy atom. The van der Waals surface area contributed by atoms with Gasteiger partial charge >= 0.3 is 0 Å². The SMILES string of the molecule is CCOc1ccc(S(=O)(=O)N2CCC(C(=O)NCc3ccc(OC)c(OC)c3)CC2)cc1. The molecule has 8 nitrogen and oxygen atoms in total. The lowest BCUT2D eigenvalue weighted by Gasteiger charge is -2.30. The lowest BCUT2D eigenvalue weighted by atomic mass is 9.97. The molecule has 1 saturated heterocycles. The Hall–Kier alpha value is -2.78. The second kappa shape index (κ2) is 10.7. The second-order valence-electron chi connectivity index (χ2n) is 7.49. The summed E-state index contributed by atoms with van der Waals surface area (Å²) in [6.07, 6.45) is 0.960. The molecule has 0 aliphatic carbocycles. The van der Waals surface area contributed by atoms with Crippen molar-refractivity contribution in [3.63, 3.8) is 0 Å². The summed E-state index contributed by atoms with van der Waals surface area (Å²) < 4.78 is 43.2. The van der Waals surface area contributed by atoms with Gasteiger partial charge in [-0.1, -0.05) is 6.07 Å². The van der Waals surface area contributed by atoms with Crippen LogP contribution in [0.1, 0.15) is 25.3 Å². The Kier molecular flexibility index (Phi) is 7.98. The molecular weight excluding hydrogens is 432 g/mol. The maximum atomic E-state index is 12.9. The molecule has 2 aromatic rings. The topological polar surface area (TPSA) is 94.2 Å². The van der Waals surface area contributed by atoms with E-state index in [1.165, 1.54) is 4.31 Å². The van der Waals surface area contributed by atoms with E-state index >= 15 is 0 Å². The minimum atomic E-state index is -3.59. The predicted octanol–water partition coefficient (Wildman–Crippen LogP) is 2.82. The van der Waals surface area contributed by atoms with Crippen LogP contribution in [-0.2, 0) is 21.4 Å². The summed E-state index contributed by atoms with van der Waals surface area (Å²) in [5.74, 6) is 1.58. The Labute approximate surface area is 189 Å². The van der Waals surface area contributed by atoms with E-state index in [1.807, 2.05) is 19.1 Å². The zero-order chi connectivity index (χ0) is 23.1. The van der Waals surface area contributed by atoms with E-state index in [-0.39, 0.29) is 16.7 Å². The summed E-state index contributed by atoms with van der Waals surface area (Å²) >= 11 is 0. The van der Waals surface area contributed by atoms with E-state index in [1.54, 1.807) is 44.6 Å². The molecule has 174 valence electrons. The van der Waals surface area contributed by atoms with Crippen molar-refractivity contribution in [2.45, 2.75) is 31.2 Å². The lowest BCUT2D eigenvalue weighted by molar-refractivity contribution is -0.126. The van der Waals surface area contributed by atoms with Crippen LogP contribution < -0.4 is 19.5 Å². The molecule has 1 aliphatic rings. The molecule has 0 radical (unpaired) electrons. The second-order valence-corrected chi connectivity index (χ2v) is 9.43. The van der Waals surface area contributed by atoms with Crippen molar-refractivity contribution < 1.29 is 27.4 Å². The van der Waals surface area contributed by atoms with E-state index < -0.39 is 10.0 Å². The first-order valence-electron chi connectivity index (χ1n) is 10.6. The smallest absolute Gasteiger partial charge is 0.243 e. The monoisotopic (exact) mass is 462 g/mol. The van der Waals surface area contributed by atoms with Gasteiger partial charge in [-0.25, -0.2) is 8.42 Å². The molecule has 0 atom stereocenters. The van der Waals surface area contributed by atoms with E-state index in [9.17, 15) is 13.2 Å². The van der Waals surface area contributed by atoms with Crippen molar-refractivity contribution in [1.82, 2.24) is 9.62 Å². The fourth-order valence-corrected chi connectivity index (χ4v) is 5.18. The standard InChI is InChI=1S/C23H30N2O6S/c1-4-31-19-6-8-20(9-7-19)32(27,28)25-13-11-18(12-14-25)23(26)24-16-17-5-10-21(29-2)22(15-17)30-3/h5-10,15,18H,4,11-14,16H2,1-3H3,(H,24,26). The third-order valence-corrected chi connectivity index (χ3v) is 7.42. The number of nitrogens with one attached hydrogen (secondary N) is 1. The highest BCUT2D eigenvalue weighted by Gasteiger charge is 2.32. The van der Waals surface area contributed by atoms with E-state index in [0.717, 1.165) is 5.56 Å². The highest BCUT2D eigenvalue weighted by molar-refractivity contribution is 7.89. The van der Waals surface area contributed by atoms with Crippen molar-refractivity contribution in [2.24, 2.45) is 5.92 Å². The molecule has 9 heteroatoms. The molecule has 1 amide bonds. The fraction of sp³-hybridized carbons (Fsp3) is 0.435. The largest absolute Gasteiger partial charge is 0.494 e. The molecule has 2 aromatic carbocycles. The molecule has 0 saturated carbocycles. The van der Waals surface area contributed by atoms with Gasteiger partial charge in [-0.05, 0) is 61.7 Å². The van der Waals surface area contributed by atoms with Gasteiger partial charge in [0, 0.05) is 25.6 Å². The number of sulfonamides is 1. The summed E-state index contributed by atoms with van der Waals surface area (Å²) in [7, 11) is -0.456. The average molecular weight is 463 g/mol. The van der Waals surface area contributed by atoms with Crippen LogP contribution in [0.4, 0.5) is 0 Å². The molecule has 1 N–H and O–H groups in total. The minimum Gasteiger partial charge on any atom is -0.494 e. The van der Waals surface area contributed by atoms with Crippen LogP contribution in [0.3, 0.4) is 0 Å². The summed E-state index contributed by atoms with van der Waals surface area (Å²) in [6, 6.07) is 11.9. The van der Waals surface area contributed by atoms with Gasteiger partial charge in [0.05, 0.1) is 25.7 Å². The molecule has 1 fully saturated rings. The first-order valence-corrected chi connectivity index (χ1v) is 12.0. The van der Waals surface area contributed by atoms with Crippen molar-refractivity contribution in [2.75, 3.05) is 33.9 Å². The van der Waals surface area contributed by atoms with E-state index in [4.69, 9.17) is 14.2 Å². The third kappa shape index (κ3) is 5.52. The van der Waals surface area contributed by atoms with Gasteiger partial charge in [0.25, 0.3) is 0 Å². The number of carbonyl (C=O) groups excluding carboxylic acids is 1. The maximum Gasteiger partial charge on any atom is 0.243 e. The zero-order valence-electron chi connectivity index (χ0n) is 18.7. The maximum absolute atomic E-state index is 12.9. The highest BCUT2D eigenvalue weighted by Crippen LogP contribution is 2.28. The number of methoxy groups -OCH3 is 2. The molecule has 0 spiro atoms. The number of rotatable bonds is 9. The first-order chi connectivity index (χ1) is 15.4. The van der Waals surface area contributed by atoms with Crippen LogP contribution in [0, 0.1) is 5.92 Å². The van der Waals surface area contributed by atoms with Crippen molar-refractivity contribution >= 4 is 15.9 Å². The zero-order valence-corrected chi connectivity index (χ0v) is 19.5. The van der Waals surface area contributed by atoms with Crippen molar-refractivity contribution in [3.8, 4) is 17.2 Å². The molecule has 32 heavy (non-hydrogen) atoms. The van der Waals surface area contributed by atoms with Crippen LogP contribution in [-0.4, -0.2) is 52.5 Å². The molecule has 0 aromatic heterocycles. The number of benzene rings is 2. The number of carbonyl (C=O) groups is 1. The Balaban J connectivity index is 1.54. The van der Waals surface area contributed by atoms with Crippen LogP contribution in [0.5, 0.6) is 17.2 Å². The number of hydrogen-bond acceptors (Lipinski definition) is 6. The van der Waals surface area contributed by atoms with Crippen LogP contribution in [0.25, 0.3) is 0 Å². The number of piperidine rings is 1. The van der Waals surface area contributed by atoms with Gasteiger partial charge in [-0.2, -0.15) is 4.31 Å². The van der Waals surface area contributed by atoms with E-state index in [2.05, 4.69) is 5.32 Å². The van der Waals surface area contributed by atoms with Crippen molar-refractivity contribution in [3.05, 3.63) is 48.0 Å². The molecule has 1 aliphatic heterocycles.